The Bertz CT molecular complexity index is 1180. The van der Waals surface area contributed by atoms with Crippen LogP contribution in [-0.2, 0) is 6.42 Å². The van der Waals surface area contributed by atoms with Crippen LogP contribution >= 0.6 is 12.4 Å². The van der Waals surface area contributed by atoms with E-state index in [1.807, 2.05) is 25.1 Å². The normalized spacial score (nSPS) is 14.2. The molecule has 1 aliphatic heterocycles. The van der Waals surface area contributed by atoms with Gasteiger partial charge in [-0.1, -0.05) is 17.7 Å². The molecule has 1 aromatic heterocycles. The number of anilines is 2. The highest BCUT2D eigenvalue weighted by molar-refractivity contribution is 5.85. The van der Waals surface area contributed by atoms with Gasteiger partial charge < -0.3 is 14.8 Å². The Morgan fingerprint density at radius 3 is 2.23 bits per heavy atom. The first kappa shape index (κ1) is 22.7. The molecule has 0 spiro atoms. The van der Waals surface area contributed by atoms with Gasteiger partial charge in [-0.25, -0.2) is 4.79 Å². The molecule has 4 rings (SSSR count). The summed E-state index contributed by atoms with van der Waals surface area (Å²) in [6, 6.07) is 10.1. The number of ether oxygens (including phenoxy) is 2. The zero-order chi connectivity index (χ0) is 21.6. The molecule has 7 heteroatoms. The van der Waals surface area contributed by atoms with Crippen molar-refractivity contribution in [1.82, 2.24) is 9.55 Å². The fraction of sp³-hybridized carbons (Fsp3) is 0.333. The van der Waals surface area contributed by atoms with Crippen LogP contribution in [0.4, 0.5) is 11.5 Å². The molecule has 164 valence electrons. The Balaban J connectivity index is 0.00000272. The SMILES string of the molecule is COc1cc2c(cc1OC)-c1cc(Nc3c(C)cc(C)cc3C)nc(=O)n1[C@@H](C)C2.Cl. The van der Waals surface area contributed by atoms with Crippen molar-refractivity contribution in [1.29, 1.82) is 0 Å². The second-order valence-corrected chi connectivity index (χ2v) is 8.00. The van der Waals surface area contributed by atoms with E-state index < -0.39 is 0 Å². The van der Waals surface area contributed by atoms with Gasteiger partial charge in [-0.05, 0) is 62.9 Å². The zero-order valence-electron chi connectivity index (χ0n) is 18.7. The minimum Gasteiger partial charge on any atom is -0.493 e. The van der Waals surface area contributed by atoms with Gasteiger partial charge in [-0.3, -0.25) is 4.57 Å². The lowest BCUT2D eigenvalue weighted by atomic mass is 9.93. The summed E-state index contributed by atoms with van der Waals surface area (Å²) in [6.45, 7) is 8.23. The van der Waals surface area contributed by atoms with Crippen LogP contribution in [0.25, 0.3) is 11.3 Å². The number of benzene rings is 2. The molecule has 2 aromatic carbocycles. The molecule has 0 amide bonds. The summed E-state index contributed by atoms with van der Waals surface area (Å²) in [5, 5.41) is 3.38. The molecule has 6 nitrogen and oxygen atoms in total. The van der Waals surface area contributed by atoms with Gasteiger partial charge in [0.2, 0.25) is 0 Å². The smallest absolute Gasteiger partial charge is 0.350 e. The summed E-state index contributed by atoms with van der Waals surface area (Å²) in [6.07, 6.45) is 0.729. The third-order valence-corrected chi connectivity index (χ3v) is 5.73. The Morgan fingerprint density at radius 2 is 1.61 bits per heavy atom. The lowest BCUT2D eigenvalue weighted by Gasteiger charge is -2.28. The second kappa shape index (κ2) is 8.63. The van der Waals surface area contributed by atoms with Crippen LogP contribution < -0.4 is 20.5 Å². The molecule has 0 aliphatic carbocycles. The van der Waals surface area contributed by atoms with Crippen molar-refractivity contribution in [3.63, 3.8) is 0 Å². The highest BCUT2D eigenvalue weighted by Crippen LogP contribution is 2.41. The van der Waals surface area contributed by atoms with Crippen molar-refractivity contribution in [3.05, 3.63) is 63.1 Å². The van der Waals surface area contributed by atoms with Crippen LogP contribution in [0.2, 0.25) is 0 Å². The van der Waals surface area contributed by atoms with E-state index in [4.69, 9.17) is 9.47 Å². The molecule has 0 unspecified atom stereocenters. The molecule has 0 fully saturated rings. The van der Waals surface area contributed by atoms with Crippen molar-refractivity contribution in [2.75, 3.05) is 19.5 Å². The Hall–Kier alpha value is -2.99. The number of methoxy groups -OCH3 is 2. The van der Waals surface area contributed by atoms with Gasteiger partial charge in [0.05, 0.1) is 19.9 Å². The molecule has 0 bridgehead atoms. The lowest BCUT2D eigenvalue weighted by Crippen LogP contribution is -2.31. The molecule has 0 saturated heterocycles. The van der Waals surface area contributed by atoms with E-state index in [9.17, 15) is 4.79 Å². The first-order valence-electron chi connectivity index (χ1n) is 10.1. The minimum atomic E-state index is -0.259. The first-order valence-corrected chi connectivity index (χ1v) is 10.1. The number of nitrogens with zero attached hydrogens (tertiary/aromatic N) is 2. The monoisotopic (exact) mass is 441 g/mol. The van der Waals surface area contributed by atoms with Crippen molar-refractivity contribution in [2.24, 2.45) is 0 Å². The van der Waals surface area contributed by atoms with E-state index in [2.05, 4.69) is 43.2 Å². The summed E-state index contributed by atoms with van der Waals surface area (Å²) < 4.78 is 12.7. The molecule has 0 saturated carbocycles. The van der Waals surface area contributed by atoms with E-state index in [1.165, 1.54) is 5.56 Å². The van der Waals surface area contributed by atoms with E-state index in [0.717, 1.165) is 40.1 Å². The topological polar surface area (TPSA) is 65.4 Å². The maximum atomic E-state index is 13.0. The number of nitrogens with one attached hydrogen (secondary N) is 1. The quantitative estimate of drug-likeness (QED) is 0.607. The summed E-state index contributed by atoms with van der Waals surface area (Å²) in [4.78, 5) is 17.3. The highest BCUT2D eigenvalue weighted by Gasteiger charge is 2.26. The third-order valence-electron chi connectivity index (χ3n) is 5.73. The molecule has 2 heterocycles. The largest absolute Gasteiger partial charge is 0.493 e. The molecular formula is C24H28ClN3O3. The van der Waals surface area contributed by atoms with E-state index in [0.29, 0.717) is 17.3 Å². The van der Waals surface area contributed by atoms with Gasteiger partial charge in [-0.15, -0.1) is 12.4 Å². The maximum absolute atomic E-state index is 13.0. The molecule has 0 radical (unpaired) electrons. The van der Waals surface area contributed by atoms with Crippen LogP contribution in [0.5, 0.6) is 11.5 Å². The van der Waals surface area contributed by atoms with Crippen LogP contribution in [0, 0.1) is 20.8 Å². The number of rotatable bonds is 4. The Morgan fingerprint density at radius 1 is 1.00 bits per heavy atom. The summed E-state index contributed by atoms with van der Waals surface area (Å²) in [7, 11) is 3.25. The number of aromatic nitrogens is 2. The first-order chi connectivity index (χ1) is 14.3. The van der Waals surface area contributed by atoms with Gasteiger partial charge in [0.1, 0.15) is 5.82 Å². The Kier molecular flexibility index (Phi) is 6.32. The van der Waals surface area contributed by atoms with E-state index in [1.54, 1.807) is 18.8 Å². The number of halogens is 1. The fourth-order valence-corrected chi connectivity index (χ4v) is 4.43. The number of fused-ring (bicyclic) bond motifs is 3. The van der Waals surface area contributed by atoms with Crippen molar-refractivity contribution < 1.29 is 9.47 Å². The van der Waals surface area contributed by atoms with Gasteiger partial charge in [0, 0.05) is 23.4 Å². The molecular weight excluding hydrogens is 414 g/mol. The van der Waals surface area contributed by atoms with Crippen LogP contribution in [0.1, 0.15) is 35.2 Å². The average molecular weight is 442 g/mol. The number of hydrogen-bond donors (Lipinski definition) is 1. The van der Waals surface area contributed by atoms with Gasteiger partial charge >= 0.3 is 5.69 Å². The minimum absolute atomic E-state index is 0. The maximum Gasteiger partial charge on any atom is 0.350 e. The highest BCUT2D eigenvalue weighted by atomic mass is 35.5. The summed E-state index contributed by atoms with van der Waals surface area (Å²) in [5.41, 5.74) is 7.08. The third kappa shape index (κ3) is 4.00. The van der Waals surface area contributed by atoms with Crippen LogP contribution in [0.3, 0.4) is 0 Å². The van der Waals surface area contributed by atoms with Crippen LogP contribution in [-0.4, -0.2) is 23.8 Å². The summed E-state index contributed by atoms with van der Waals surface area (Å²) in [5.74, 6) is 1.87. The van der Waals surface area contributed by atoms with Gasteiger partial charge in [0.25, 0.3) is 0 Å². The van der Waals surface area contributed by atoms with E-state index in [-0.39, 0.29) is 24.1 Å². The van der Waals surface area contributed by atoms with Crippen molar-refractivity contribution in [3.8, 4) is 22.8 Å². The van der Waals surface area contributed by atoms with Crippen LogP contribution in [0.15, 0.2) is 35.1 Å². The van der Waals surface area contributed by atoms with E-state index >= 15 is 0 Å². The molecule has 1 atom stereocenters. The number of hydrogen-bond acceptors (Lipinski definition) is 5. The molecule has 31 heavy (non-hydrogen) atoms. The Labute approximate surface area is 188 Å². The van der Waals surface area contributed by atoms with Gasteiger partial charge in [-0.2, -0.15) is 4.98 Å². The van der Waals surface area contributed by atoms with Crippen molar-refractivity contribution >= 4 is 23.9 Å². The molecule has 1 N–H and O–H groups in total. The molecule has 1 aliphatic rings. The lowest BCUT2D eigenvalue weighted by molar-refractivity contribution is 0.354. The zero-order valence-corrected chi connectivity index (χ0v) is 19.5. The standard InChI is InChI=1S/C24H27N3O3.ClH/c1-13-7-14(2)23(15(3)8-13)25-22-12-19-18-11-21(30-6)20(29-5)10-17(18)9-16(4)27(19)24(28)26-22;/h7-8,10-12,16H,9H2,1-6H3,(H,25,26,28);1H/t16-;/m0./s1. The second-order valence-electron chi connectivity index (χ2n) is 8.00. The van der Waals surface area contributed by atoms with Crippen molar-refractivity contribution in [2.45, 2.75) is 40.2 Å². The predicted octanol–water partition coefficient (Wildman–Crippen LogP) is 5.14. The fourth-order valence-electron chi connectivity index (χ4n) is 4.43. The average Bonchev–Trinajstić information content (AvgIpc) is 2.69. The predicted molar refractivity (Wildman–Crippen MR) is 127 cm³/mol. The molecule has 3 aromatic rings. The number of aryl methyl sites for hydroxylation is 3. The summed E-state index contributed by atoms with van der Waals surface area (Å²) >= 11 is 0. The van der Waals surface area contributed by atoms with Gasteiger partial charge in [0.15, 0.2) is 11.5 Å².